The van der Waals surface area contributed by atoms with Gasteiger partial charge in [0.05, 0.1) is 5.92 Å². The SMILES string of the molecule is O=C1/C(=C/C2CCCC(C(=O)OCc3ccccc3)CC2)Cc2ccc(O)cc21. The summed E-state index contributed by atoms with van der Waals surface area (Å²) in [6.45, 7) is 0.323. The van der Waals surface area contributed by atoms with Crippen LogP contribution in [0.25, 0.3) is 0 Å². The lowest BCUT2D eigenvalue weighted by molar-refractivity contribution is -0.150. The highest BCUT2D eigenvalue weighted by atomic mass is 16.5. The van der Waals surface area contributed by atoms with E-state index in [0.29, 0.717) is 24.5 Å². The summed E-state index contributed by atoms with van der Waals surface area (Å²) in [5.74, 6) is 0.296. The molecule has 0 aliphatic heterocycles. The lowest BCUT2D eigenvalue weighted by Gasteiger charge is -2.14. The number of hydrogen-bond acceptors (Lipinski definition) is 4. The van der Waals surface area contributed by atoms with Crippen LogP contribution in [0.3, 0.4) is 0 Å². The van der Waals surface area contributed by atoms with Gasteiger partial charge in [0, 0.05) is 17.6 Å². The van der Waals surface area contributed by atoms with Crippen LogP contribution in [-0.4, -0.2) is 16.9 Å². The number of Topliss-reactive ketones (excluding diaryl/α,β-unsaturated/α-hetero) is 1. The van der Waals surface area contributed by atoms with Crippen molar-refractivity contribution in [2.24, 2.45) is 11.8 Å². The molecule has 0 bridgehead atoms. The molecule has 4 rings (SSSR count). The largest absolute Gasteiger partial charge is 0.508 e. The van der Waals surface area contributed by atoms with Gasteiger partial charge in [-0.2, -0.15) is 0 Å². The van der Waals surface area contributed by atoms with Gasteiger partial charge in [-0.1, -0.05) is 48.9 Å². The molecule has 0 radical (unpaired) electrons. The fourth-order valence-electron chi connectivity index (χ4n) is 4.39. The van der Waals surface area contributed by atoms with Crippen LogP contribution >= 0.6 is 0 Å². The predicted molar refractivity (Wildman–Crippen MR) is 111 cm³/mol. The maximum Gasteiger partial charge on any atom is 0.309 e. The molecule has 1 saturated carbocycles. The number of carbonyl (C=O) groups is 2. The van der Waals surface area contributed by atoms with Crippen LogP contribution in [0.4, 0.5) is 0 Å². The van der Waals surface area contributed by atoms with Crippen LogP contribution in [0.5, 0.6) is 5.75 Å². The van der Waals surface area contributed by atoms with Crippen molar-refractivity contribution < 1.29 is 19.4 Å². The number of benzene rings is 2. The summed E-state index contributed by atoms with van der Waals surface area (Å²) in [5, 5.41) is 9.64. The molecule has 2 aromatic carbocycles. The van der Waals surface area contributed by atoms with Gasteiger partial charge < -0.3 is 9.84 Å². The Labute approximate surface area is 171 Å². The number of esters is 1. The maximum absolute atomic E-state index is 12.6. The number of rotatable bonds is 4. The lowest BCUT2D eigenvalue weighted by atomic mass is 9.95. The number of hydrogen-bond donors (Lipinski definition) is 1. The number of ether oxygens (including phenoxy) is 1. The molecule has 29 heavy (non-hydrogen) atoms. The second kappa shape index (κ2) is 8.64. The molecule has 1 fully saturated rings. The third kappa shape index (κ3) is 4.58. The van der Waals surface area contributed by atoms with E-state index in [1.54, 1.807) is 12.1 Å². The Hall–Kier alpha value is -2.88. The molecule has 2 aliphatic rings. The van der Waals surface area contributed by atoms with Crippen LogP contribution in [-0.2, 0) is 22.6 Å². The van der Waals surface area contributed by atoms with Crippen LogP contribution in [0.1, 0.15) is 53.6 Å². The first-order valence-corrected chi connectivity index (χ1v) is 10.4. The molecule has 0 spiro atoms. The van der Waals surface area contributed by atoms with Gasteiger partial charge >= 0.3 is 5.97 Å². The first-order chi connectivity index (χ1) is 14.1. The first kappa shape index (κ1) is 19.4. The van der Waals surface area contributed by atoms with Crippen molar-refractivity contribution in [2.45, 2.75) is 45.1 Å². The van der Waals surface area contributed by atoms with E-state index in [4.69, 9.17) is 4.74 Å². The molecule has 1 N–H and O–H groups in total. The maximum atomic E-state index is 12.6. The van der Waals surface area contributed by atoms with E-state index in [1.165, 1.54) is 0 Å². The quantitative estimate of drug-likeness (QED) is 0.453. The molecule has 0 amide bonds. The number of aromatic hydroxyl groups is 1. The molecule has 150 valence electrons. The van der Waals surface area contributed by atoms with E-state index in [0.717, 1.165) is 48.8 Å². The van der Waals surface area contributed by atoms with E-state index in [1.807, 2.05) is 36.4 Å². The van der Waals surface area contributed by atoms with Gasteiger partial charge in [-0.15, -0.1) is 0 Å². The van der Waals surface area contributed by atoms with Gasteiger partial charge in [0.15, 0.2) is 5.78 Å². The van der Waals surface area contributed by atoms with Gasteiger partial charge in [0.25, 0.3) is 0 Å². The van der Waals surface area contributed by atoms with Crippen LogP contribution < -0.4 is 0 Å². The Morgan fingerprint density at radius 2 is 1.90 bits per heavy atom. The van der Waals surface area contributed by atoms with Gasteiger partial charge in [-0.25, -0.2) is 0 Å². The lowest BCUT2D eigenvalue weighted by Crippen LogP contribution is -2.17. The number of ketones is 1. The minimum Gasteiger partial charge on any atom is -0.508 e. The fraction of sp³-hybridized carbons (Fsp3) is 0.360. The van der Waals surface area contributed by atoms with Crippen molar-refractivity contribution in [3.8, 4) is 5.75 Å². The Bertz CT molecular complexity index is 929. The Kier molecular flexibility index (Phi) is 5.79. The van der Waals surface area contributed by atoms with Crippen molar-refractivity contribution in [3.05, 3.63) is 76.9 Å². The summed E-state index contributed by atoms with van der Waals surface area (Å²) >= 11 is 0. The number of fused-ring (bicyclic) bond motifs is 1. The second-order valence-electron chi connectivity index (χ2n) is 8.10. The summed E-state index contributed by atoms with van der Waals surface area (Å²) in [6, 6.07) is 14.8. The number of allylic oxidation sites excluding steroid dienone is 2. The van der Waals surface area contributed by atoms with E-state index >= 15 is 0 Å². The smallest absolute Gasteiger partial charge is 0.309 e. The van der Waals surface area contributed by atoms with Gasteiger partial charge in [0.2, 0.25) is 0 Å². The summed E-state index contributed by atoms with van der Waals surface area (Å²) in [4.78, 5) is 25.1. The molecule has 2 unspecified atom stereocenters. The topological polar surface area (TPSA) is 63.6 Å². The highest BCUT2D eigenvalue weighted by molar-refractivity contribution is 6.13. The summed E-state index contributed by atoms with van der Waals surface area (Å²) in [7, 11) is 0. The molecule has 0 aromatic heterocycles. The fourth-order valence-corrected chi connectivity index (χ4v) is 4.39. The highest BCUT2D eigenvalue weighted by Gasteiger charge is 2.28. The first-order valence-electron chi connectivity index (χ1n) is 10.4. The molecule has 2 atom stereocenters. The van der Waals surface area contributed by atoms with Crippen LogP contribution in [0.15, 0.2) is 60.2 Å². The standard InChI is InChI=1S/C25H26O4/c26-22-12-11-20-14-21(24(27)23(20)15-22)13-17-7-4-8-19(10-9-17)25(28)29-16-18-5-2-1-3-6-18/h1-3,5-6,11-13,15,17,19,26H,4,7-10,14,16H2/b21-13+. The van der Waals surface area contributed by atoms with Gasteiger partial charge in [-0.05, 0) is 54.9 Å². The normalized spacial score (nSPS) is 22.9. The molecular formula is C25H26O4. The van der Waals surface area contributed by atoms with Crippen molar-refractivity contribution in [1.82, 2.24) is 0 Å². The zero-order chi connectivity index (χ0) is 20.2. The van der Waals surface area contributed by atoms with Crippen molar-refractivity contribution >= 4 is 11.8 Å². The minimum absolute atomic E-state index is 0.0268. The Morgan fingerprint density at radius 3 is 2.72 bits per heavy atom. The third-order valence-electron chi connectivity index (χ3n) is 6.02. The Balaban J connectivity index is 1.34. The van der Waals surface area contributed by atoms with Crippen LogP contribution in [0, 0.1) is 11.8 Å². The predicted octanol–water partition coefficient (Wildman–Crippen LogP) is 5.00. The number of phenols is 1. The molecular weight excluding hydrogens is 364 g/mol. The van der Waals surface area contributed by atoms with Gasteiger partial charge in [-0.3, -0.25) is 9.59 Å². The van der Waals surface area contributed by atoms with E-state index in [9.17, 15) is 14.7 Å². The summed E-state index contributed by atoms with van der Waals surface area (Å²) in [5.41, 5.74) is 3.42. The highest BCUT2D eigenvalue weighted by Crippen LogP contribution is 2.34. The van der Waals surface area contributed by atoms with Crippen molar-refractivity contribution in [2.75, 3.05) is 0 Å². The average Bonchev–Trinajstić information content (AvgIpc) is 2.90. The Morgan fingerprint density at radius 1 is 1.07 bits per heavy atom. The zero-order valence-electron chi connectivity index (χ0n) is 16.5. The molecule has 0 heterocycles. The summed E-state index contributed by atoms with van der Waals surface area (Å²) in [6.07, 6.45) is 7.22. The molecule has 4 nitrogen and oxygen atoms in total. The van der Waals surface area contributed by atoms with Crippen LogP contribution in [0.2, 0.25) is 0 Å². The van der Waals surface area contributed by atoms with E-state index in [2.05, 4.69) is 6.08 Å². The average molecular weight is 390 g/mol. The molecule has 4 heteroatoms. The van der Waals surface area contributed by atoms with E-state index < -0.39 is 0 Å². The molecule has 0 saturated heterocycles. The second-order valence-corrected chi connectivity index (χ2v) is 8.10. The number of phenolic OH excluding ortho intramolecular Hbond substituents is 1. The summed E-state index contributed by atoms with van der Waals surface area (Å²) < 4.78 is 5.53. The van der Waals surface area contributed by atoms with Gasteiger partial charge in [0.1, 0.15) is 12.4 Å². The minimum atomic E-state index is -0.109. The number of carbonyl (C=O) groups excluding carboxylic acids is 2. The molecule has 2 aliphatic carbocycles. The zero-order valence-corrected chi connectivity index (χ0v) is 16.5. The molecule has 2 aromatic rings. The van der Waals surface area contributed by atoms with Crippen molar-refractivity contribution in [1.29, 1.82) is 0 Å². The monoisotopic (exact) mass is 390 g/mol. The van der Waals surface area contributed by atoms with E-state index in [-0.39, 0.29) is 23.4 Å². The van der Waals surface area contributed by atoms with Crippen molar-refractivity contribution in [3.63, 3.8) is 0 Å². The third-order valence-corrected chi connectivity index (χ3v) is 6.02.